The highest BCUT2D eigenvalue weighted by Crippen LogP contribution is 2.08. The molecule has 0 aromatic carbocycles. The van der Waals surface area contributed by atoms with E-state index in [4.69, 9.17) is 4.74 Å². The predicted molar refractivity (Wildman–Crippen MR) is 62.8 cm³/mol. The second-order valence-corrected chi connectivity index (χ2v) is 4.39. The topological polar surface area (TPSA) is 38.3 Å². The van der Waals surface area contributed by atoms with Gasteiger partial charge in [0.1, 0.15) is 5.60 Å². The van der Waals surface area contributed by atoms with E-state index in [-0.39, 0.29) is 6.04 Å². The molecule has 0 unspecified atom stereocenters. The fourth-order valence-corrected chi connectivity index (χ4v) is 1.09. The Bertz CT molecular complexity index is 218. The lowest BCUT2D eigenvalue weighted by Gasteiger charge is -2.22. The van der Waals surface area contributed by atoms with E-state index in [2.05, 4.69) is 18.5 Å². The van der Waals surface area contributed by atoms with E-state index in [1.165, 1.54) is 0 Å². The second-order valence-electron chi connectivity index (χ2n) is 4.39. The van der Waals surface area contributed by atoms with Gasteiger partial charge in [-0.25, -0.2) is 4.79 Å². The zero-order chi connectivity index (χ0) is 11.9. The highest BCUT2D eigenvalue weighted by atomic mass is 16.6. The maximum Gasteiger partial charge on any atom is 0.407 e. The SMILES string of the molecule is C=CCC(CC=C)NC(=O)OC(C)(C)C. The number of hydrogen-bond donors (Lipinski definition) is 1. The standard InChI is InChI=1S/C12H21NO2/c1-6-8-10(9-7-2)13-11(14)15-12(3,4)5/h6-7,10H,1-2,8-9H2,3-5H3,(H,13,14). The van der Waals surface area contributed by atoms with Crippen molar-refractivity contribution in [3.8, 4) is 0 Å². The van der Waals surface area contributed by atoms with Gasteiger partial charge in [-0.1, -0.05) is 12.2 Å². The molecule has 0 saturated carbocycles. The van der Waals surface area contributed by atoms with Crippen LogP contribution in [0.3, 0.4) is 0 Å². The lowest BCUT2D eigenvalue weighted by molar-refractivity contribution is 0.0505. The number of ether oxygens (including phenoxy) is 1. The molecule has 0 heterocycles. The summed E-state index contributed by atoms with van der Waals surface area (Å²) in [4.78, 5) is 11.4. The van der Waals surface area contributed by atoms with Crippen LogP contribution in [0.5, 0.6) is 0 Å². The van der Waals surface area contributed by atoms with Gasteiger partial charge < -0.3 is 10.1 Å². The molecule has 0 bridgehead atoms. The van der Waals surface area contributed by atoms with Crippen LogP contribution in [-0.4, -0.2) is 17.7 Å². The lowest BCUT2D eigenvalue weighted by Crippen LogP contribution is -2.38. The second kappa shape index (κ2) is 6.27. The van der Waals surface area contributed by atoms with Crippen molar-refractivity contribution >= 4 is 6.09 Å². The van der Waals surface area contributed by atoms with Crippen molar-refractivity contribution < 1.29 is 9.53 Å². The molecule has 0 aliphatic rings. The summed E-state index contributed by atoms with van der Waals surface area (Å²) in [5, 5.41) is 2.77. The fourth-order valence-electron chi connectivity index (χ4n) is 1.09. The van der Waals surface area contributed by atoms with Crippen LogP contribution in [-0.2, 0) is 4.74 Å². The summed E-state index contributed by atoms with van der Waals surface area (Å²) in [6, 6.07) is 0.0230. The Labute approximate surface area is 92.2 Å². The molecule has 0 aliphatic heterocycles. The molecule has 15 heavy (non-hydrogen) atoms. The van der Waals surface area contributed by atoms with Gasteiger partial charge in [-0.3, -0.25) is 0 Å². The molecule has 0 spiro atoms. The molecule has 3 nitrogen and oxygen atoms in total. The van der Waals surface area contributed by atoms with Crippen molar-refractivity contribution in [2.45, 2.75) is 45.3 Å². The van der Waals surface area contributed by atoms with Crippen LogP contribution in [0.4, 0.5) is 4.79 Å². The summed E-state index contributed by atoms with van der Waals surface area (Å²) < 4.78 is 5.14. The highest BCUT2D eigenvalue weighted by Gasteiger charge is 2.18. The van der Waals surface area contributed by atoms with Gasteiger partial charge in [0.05, 0.1) is 0 Å². The summed E-state index contributed by atoms with van der Waals surface area (Å²) in [5.41, 5.74) is -0.461. The lowest BCUT2D eigenvalue weighted by atomic mass is 10.1. The molecule has 3 heteroatoms. The van der Waals surface area contributed by atoms with Gasteiger partial charge in [0.2, 0.25) is 0 Å². The molecule has 0 fully saturated rings. The summed E-state index contributed by atoms with van der Waals surface area (Å²) in [5.74, 6) is 0. The van der Waals surface area contributed by atoms with Crippen molar-refractivity contribution in [1.29, 1.82) is 0 Å². The van der Waals surface area contributed by atoms with Gasteiger partial charge in [0.15, 0.2) is 0 Å². The minimum Gasteiger partial charge on any atom is -0.444 e. The van der Waals surface area contributed by atoms with Gasteiger partial charge in [0, 0.05) is 6.04 Å². The first kappa shape index (κ1) is 13.8. The molecule has 86 valence electrons. The monoisotopic (exact) mass is 211 g/mol. The Morgan fingerprint density at radius 3 is 2.13 bits per heavy atom. The molecular formula is C12H21NO2. The number of amides is 1. The Balaban J connectivity index is 4.10. The van der Waals surface area contributed by atoms with Crippen LogP contribution in [0, 0.1) is 0 Å². The third kappa shape index (κ3) is 7.79. The van der Waals surface area contributed by atoms with E-state index < -0.39 is 11.7 Å². The molecule has 0 aromatic heterocycles. The van der Waals surface area contributed by atoms with E-state index >= 15 is 0 Å². The predicted octanol–water partition coefficient (Wildman–Crippen LogP) is 3.03. The van der Waals surface area contributed by atoms with Crippen LogP contribution in [0.15, 0.2) is 25.3 Å². The third-order valence-electron chi connectivity index (χ3n) is 1.62. The number of hydrogen-bond acceptors (Lipinski definition) is 2. The molecule has 0 radical (unpaired) electrons. The first-order chi connectivity index (χ1) is 6.89. The normalized spacial score (nSPS) is 10.9. The van der Waals surface area contributed by atoms with Crippen molar-refractivity contribution in [3.63, 3.8) is 0 Å². The average Bonchev–Trinajstić information content (AvgIpc) is 2.00. The maximum absolute atomic E-state index is 11.4. The first-order valence-corrected chi connectivity index (χ1v) is 5.10. The number of rotatable bonds is 5. The zero-order valence-corrected chi connectivity index (χ0v) is 9.88. The summed E-state index contributed by atoms with van der Waals surface area (Å²) >= 11 is 0. The van der Waals surface area contributed by atoms with E-state index in [1.807, 2.05) is 20.8 Å². The van der Waals surface area contributed by atoms with Gasteiger partial charge in [-0.2, -0.15) is 0 Å². The van der Waals surface area contributed by atoms with Crippen LogP contribution in [0.2, 0.25) is 0 Å². The maximum atomic E-state index is 11.4. The Kier molecular flexibility index (Phi) is 5.75. The molecule has 0 atom stereocenters. The number of alkyl carbamates (subject to hydrolysis) is 1. The Morgan fingerprint density at radius 1 is 1.33 bits per heavy atom. The van der Waals surface area contributed by atoms with E-state index in [1.54, 1.807) is 12.2 Å². The average molecular weight is 211 g/mol. The van der Waals surface area contributed by atoms with Crippen molar-refractivity contribution in [1.82, 2.24) is 5.32 Å². The quantitative estimate of drug-likeness (QED) is 0.710. The zero-order valence-electron chi connectivity index (χ0n) is 9.88. The van der Waals surface area contributed by atoms with Gasteiger partial charge in [-0.05, 0) is 33.6 Å². The molecule has 0 rings (SSSR count). The minimum atomic E-state index is -0.461. The Hall–Kier alpha value is -1.25. The first-order valence-electron chi connectivity index (χ1n) is 5.10. The molecular weight excluding hydrogens is 190 g/mol. The van der Waals surface area contributed by atoms with Crippen LogP contribution in [0.1, 0.15) is 33.6 Å². The van der Waals surface area contributed by atoms with Crippen LogP contribution in [0.25, 0.3) is 0 Å². The van der Waals surface area contributed by atoms with Gasteiger partial charge in [0.25, 0.3) is 0 Å². The largest absolute Gasteiger partial charge is 0.444 e. The van der Waals surface area contributed by atoms with Gasteiger partial charge in [-0.15, -0.1) is 13.2 Å². The summed E-state index contributed by atoms with van der Waals surface area (Å²) in [6.07, 6.45) is 4.57. The number of carbonyl (C=O) groups excluding carboxylic acids is 1. The van der Waals surface area contributed by atoms with E-state index in [9.17, 15) is 4.79 Å². The molecule has 0 saturated heterocycles. The van der Waals surface area contributed by atoms with E-state index in [0.29, 0.717) is 12.8 Å². The number of nitrogens with one attached hydrogen (secondary N) is 1. The summed E-state index contributed by atoms with van der Waals surface area (Å²) in [7, 11) is 0. The van der Waals surface area contributed by atoms with Crippen molar-refractivity contribution in [3.05, 3.63) is 25.3 Å². The fraction of sp³-hybridized carbons (Fsp3) is 0.583. The molecule has 0 aliphatic carbocycles. The van der Waals surface area contributed by atoms with Gasteiger partial charge >= 0.3 is 6.09 Å². The van der Waals surface area contributed by atoms with Crippen LogP contribution >= 0.6 is 0 Å². The van der Waals surface area contributed by atoms with Crippen molar-refractivity contribution in [2.75, 3.05) is 0 Å². The third-order valence-corrected chi connectivity index (χ3v) is 1.62. The minimum absolute atomic E-state index is 0.0230. The van der Waals surface area contributed by atoms with Crippen molar-refractivity contribution in [2.24, 2.45) is 0 Å². The smallest absolute Gasteiger partial charge is 0.407 e. The Morgan fingerprint density at radius 2 is 1.80 bits per heavy atom. The van der Waals surface area contributed by atoms with E-state index in [0.717, 1.165) is 0 Å². The molecule has 1 N–H and O–H groups in total. The summed E-state index contributed by atoms with van der Waals surface area (Å²) in [6.45, 7) is 12.8. The molecule has 0 aromatic rings. The molecule has 1 amide bonds. The number of carbonyl (C=O) groups is 1. The highest BCUT2D eigenvalue weighted by molar-refractivity contribution is 5.68. The van der Waals surface area contributed by atoms with Crippen LogP contribution < -0.4 is 5.32 Å².